The molecule has 1 aliphatic heterocycles. The summed E-state index contributed by atoms with van der Waals surface area (Å²) in [6.07, 6.45) is 0.568. The van der Waals surface area contributed by atoms with Gasteiger partial charge in [-0.1, -0.05) is 98.8 Å². The van der Waals surface area contributed by atoms with Crippen molar-refractivity contribution in [2.45, 2.75) is 38.9 Å². The molecule has 0 spiro atoms. The highest BCUT2D eigenvalue weighted by Crippen LogP contribution is 2.37. The van der Waals surface area contributed by atoms with Crippen molar-refractivity contribution >= 4 is 27.6 Å². The number of carbonyl (C=O) groups excluding carboxylic acids is 1. The van der Waals surface area contributed by atoms with Crippen molar-refractivity contribution < 1.29 is 4.79 Å². The third-order valence-electron chi connectivity index (χ3n) is 7.39. The fourth-order valence-corrected chi connectivity index (χ4v) is 5.58. The van der Waals surface area contributed by atoms with Gasteiger partial charge in [-0.05, 0) is 39.9 Å². The van der Waals surface area contributed by atoms with E-state index in [9.17, 15) is 9.59 Å². The molecule has 6 rings (SSSR count). The fourth-order valence-electron chi connectivity index (χ4n) is 5.58. The lowest BCUT2D eigenvalue weighted by molar-refractivity contribution is -0.142. The Kier molecular flexibility index (Phi) is 5.84. The van der Waals surface area contributed by atoms with Gasteiger partial charge in [-0.2, -0.15) is 0 Å². The highest BCUT2D eigenvalue weighted by Gasteiger charge is 2.42. The van der Waals surface area contributed by atoms with Crippen LogP contribution in [0.2, 0.25) is 0 Å². The molecule has 0 unspecified atom stereocenters. The van der Waals surface area contributed by atoms with Gasteiger partial charge in [0.1, 0.15) is 11.9 Å². The Balaban J connectivity index is 1.55. The first-order chi connectivity index (χ1) is 18.0. The number of nitrogens with zero attached hydrogens (tertiary/aromatic N) is 3. The lowest BCUT2D eigenvalue weighted by atomic mass is 9.93. The predicted octanol–water partition coefficient (Wildman–Crippen LogP) is 6.07. The summed E-state index contributed by atoms with van der Waals surface area (Å²) in [5.41, 5.74) is 2.68. The number of carbonyl (C=O) groups is 1. The zero-order valence-electron chi connectivity index (χ0n) is 21.0. The second kappa shape index (κ2) is 9.32. The smallest absolute Gasteiger partial charge is 0.262 e. The summed E-state index contributed by atoms with van der Waals surface area (Å²) < 4.78 is 1.68. The monoisotopic (exact) mass is 487 g/mol. The molecule has 37 heavy (non-hydrogen) atoms. The van der Waals surface area contributed by atoms with Crippen LogP contribution >= 0.6 is 0 Å². The molecule has 4 aromatic carbocycles. The van der Waals surface area contributed by atoms with Gasteiger partial charge in [-0.25, -0.2) is 4.98 Å². The highest BCUT2D eigenvalue weighted by molar-refractivity contribution is 5.85. The number of amides is 1. The van der Waals surface area contributed by atoms with E-state index < -0.39 is 6.04 Å². The van der Waals surface area contributed by atoms with Gasteiger partial charge < -0.3 is 4.90 Å². The highest BCUT2D eigenvalue weighted by atomic mass is 16.2. The molecule has 1 aliphatic rings. The Bertz CT molecular complexity index is 1670. The quantitative estimate of drug-likeness (QED) is 0.302. The van der Waals surface area contributed by atoms with E-state index in [1.54, 1.807) is 10.6 Å². The first kappa shape index (κ1) is 23.2. The maximum atomic E-state index is 14.2. The summed E-state index contributed by atoms with van der Waals surface area (Å²) in [5.74, 6) is 0.564. The Morgan fingerprint density at radius 3 is 2.27 bits per heavy atom. The van der Waals surface area contributed by atoms with Crippen LogP contribution in [0.4, 0.5) is 0 Å². The average Bonchev–Trinajstić information content (AvgIpc) is 2.92. The molecule has 1 amide bonds. The third-order valence-corrected chi connectivity index (χ3v) is 7.39. The fraction of sp³-hybridized carbons (Fsp3) is 0.219. The number of hydrogen-bond acceptors (Lipinski definition) is 3. The van der Waals surface area contributed by atoms with Crippen molar-refractivity contribution in [1.82, 2.24) is 14.5 Å². The SMILES string of the molecule is CC(C)[C@H]1C(=O)N(Cc2ccccc2)[C@H](Cc2ccc3ccccc3c2)c2nc3ccccc3c(=O)n21. The van der Waals surface area contributed by atoms with Crippen LogP contribution < -0.4 is 5.56 Å². The predicted molar refractivity (Wildman–Crippen MR) is 147 cm³/mol. The van der Waals surface area contributed by atoms with Gasteiger partial charge in [0.25, 0.3) is 5.56 Å². The molecule has 0 saturated carbocycles. The first-order valence-corrected chi connectivity index (χ1v) is 12.8. The third kappa shape index (κ3) is 4.10. The number of aromatic nitrogens is 2. The van der Waals surface area contributed by atoms with Gasteiger partial charge in [0, 0.05) is 13.0 Å². The molecular formula is C32H29N3O2. The lowest BCUT2D eigenvalue weighted by Gasteiger charge is -2.42. The van der Waals surface area contributed by atoms with Crippen LogP contribution in [0.25, 0.3) is 21.7 Å². The minimum Gasteiger partial charge on any atom is -0.326 e. The molecule has 0 bridgehead atoms. The number of para-hydroxylation sites is 1. The van der Waals surface area contributed by atoms with E-state index in [1.807, 2.05) is 79.4 Å². The van der Waals surface area contributed by atoms with Crippen LogP contribution in [0.3, 0.4) is 0 Å². The molecule has 0 saturated heterocycles. The zero-order chi connectivity index (χ0) is 25.5. The van der Waals surface area contributed by atoms with Gasteiger partial charge >= 0.3 is 0 Å². The number of benzene rings is 4. The summed E-state index contributed by atoms with van der Waals surface area (Å²) >= 11 is 0. The molecule has 0 aliphatic carbocycles. The van der Waals surface area contributed by atoms with Gasteiger partial charge in [-0.15, -0.1) is 0 Å². The molecule has 0 fully saturated rings. The molecule has 5 nitrogen and oxygen atoms in total. The minimum atomic E-state index is -0.601. The second-order valence-corrected chi connectivity index (χ2v) is 10.2. The van der Waals surface area contributed by atoms with Gasteiger partial charge in [0.2, 0.25) is 5.91 Å². The Labute approximate surface area is 216 Å². The van der Waals surface area contributed by atoms with Crippen molar-refractivity contribution in [3.8, 4) is 0 Å². The largest absolute Gasteiger partial charge is 0.326 e. The van der Waals surface area contributed by atoms with Crippen LogP contribution in [0, 0.1) is 5.92 Å². The zero-order valence-corrected chi connectivity index (χ0v) is 21.0. The molecule has 0 radical (unpaired) electrons. The summed E-state index contributed by atoms with van der Waals surface area (Å²) in [5, 5.41) is 2.87. The van der Waals surface area contributed by atoms with E-state index in [0.717, 1.165) is 16.5 Å². The summed E-state index contributed by atoms with van der Waals surface area (Å²) in [6.45, 7) is 4.46. The summed E-state index contributed by atoms with van der Waals surface area (Å²) in [4.78, 5) is 35.0. The average molecular weight is 488 g/mol. The maximum absolute atomic E-state index is 14.2. The Hall–Kier alpha value is -4.25. The first-order valence-electron chi connectivity index (χ1n) is 12.8. The molecule has 184 valence electrons. The van der Waals surface area contributed by atoms with E-state index in [1.165, 1.54) is 5.39 Å². The minimum absolute atomic E-state index is 0.0312. The maximum Gasteiger partial charge on any atom is 0.262 e. The second-order valence-electron chi connectivity index (χ2n) is 10.2. The number of rotatable bonds is 5. The molecule has 2 heterocycles. The van der Waals surface area contributed by atoms with E-state index in [0.29, 0.717) is 29.7 Å². The van der Waals surface area contributed by atoms with Gasteiger partial charge in [0.15, 0.2) is 0 Å². The molecule has 5 heteroatoms. The van der Waals surface area contributed by atoms with Crippen molar-refractivity contribution in [2.75, 3.05) is 0 Å². The van der Waals surface area contributed by atoms with Crippen LogP contribution in [-0.4, -0.2) is 20.4 Å². The molecule has 1 aromatic heterocycles. The van der Waals surface area contributed by atoms with Crippen molar-refractivity contribution in [3.05, 3.63) is 124 Å². The van der Waals surface area contributed by atoms with Crippen LogP contribution in [-0.2, 0) is 17.8 Å². The number of hydrogen-bond donors (Lipinski definition) is 0. The molecule has 2 atom stereocenters. The van der Waals surface area contributed by atoms with Gasteiger partial charge in [-0.3, -0.25) is 14.2 Å². The van der Waals surface area contributed by atoms with Crippen molar-refractivity contribution in [3.63, 3.8) is 0 Å². The Morgan fingerprint density at radius 1 is 0.784 bits per heavy atom. The van der Waals surface area contributed by atoms with Gasteiger partial charge in [0.05, 0.1) is 16.9 Å². The van der Waals surface area contributed by atoms with E-state index >= 15 is 0 Å². The standard InChI is InChI=1S/C32H29N3O2/c1-21(2)29-32(37)34(20-22-10-4-3-5-11-22)28(19-23-16-17-24-12-6-7-13-25(24)18-23)30-33-27-15-9-8-14-26(27)31(36)35(29)30/h3-18,21,28-29H,19-20H2,1-2H3/t28-,29+/m1/s1. The van der Waals surface area contributed by atoms with Crippen molar-refractivity contribution in [1.29, 1.82) is 0 Å². The molecule has 5 aromatic rings. The lowest BCUT2D eigenvalue weighted by Crippen LogP contribution is -2.51. The van der Waals surface area contributed by atoms with Crippen LogP contribution in [0.5, 0.6) is 0 Å². The molecule has 0 N–H and O–H groups in total. The summed E-state index contributed by atoms with van der Waals surface area (Å²) in [6, 6.07) is 31.2. The number of fused-ring (bicyclic) bond motifs is 3. The topological polar surface area (TPSA) is 55.2 Å². The Morgan fingerprint density at radius 2 is 1.49 bits per heavy atom. The molecular weight excluding hydrogens is 458 g/mol. The van der Waals surface area contributed by atoms with Crippen LogP contribution in [0.1, 0.15) is 42.9 Å². The van der Waals surface area contributed by atoms with E-state index in [2.05, 4.69) is 30.3 Å². The van der Waals surface area contributed by atoms with Crippen LogP contribution in [0.15, 0.2) is 102 Å². The summed E-state index contributed by atoms with van der Waals surface area (Å²) in [7, 11) is 0. The van der Waals surface area contributed by atoms with E-state index in [4.69, 9.17) is 4.98 Å². The van der Waals surface area contributed by atoms with Crippen molar-refractivity contribution in [2.24, 2.45) is 5.92 Å². The normalized spacial score (nSPS) is 17.5. The van der Waals surface area contributed by atoms with E-state index in [-0.39, 0.29) is 23.4 Å².